The molecular weight excluding hydrogens is 505 g/mol. The van der Waals surface area contributed by atoms with Crippen LogP contribution in [0.2, 0.25) is 5.02 Å². The van der Waals surface area contributed by atoms with Crippen molar-refractivity contribution in [1.29, 1.82) is 0 Å². The van der Waals surface area contributed by atoms with E-state index in [2.05, 4.69) is 9.97 Å². The summed E-state index contributed by atoms with van der Waals surface area (Å²) in [7, 11) is 0. The van der Waals surface area contributed by atoms with Crippen LogP contribution in [0.4, 0.5) is 10.2 Å². The first-order valence-corrected chi connectivity index (χ1v) is 12.2. The van der Waals surface area contributed by atoms with Crippen molar-refractivity contribution in [2.45, 2.75) is 65.1 Å². The van der Waals surface area contributed by atoms with Crippen molar-refractivity contribution in [3.63, 3.8) is 0 Å². The number of imidazole rings is 1. The van der Waals surface area contributed by atoms with Crippen LogP contribution in [0.1, 0.15) is 62.1 Å². The SMILES string of the molecule is Cc1nc([C@@](C)(O)c2cc(Cl)c(F)c(C(=O)N3C[C@@H](C)O[C@@](C)(O)C3)c2OC(C)C)n2ccnc(N)c12. The van der Waals surface area contributed by atoms with Crippen molar-refractivity contribution >= 4 is 28.8 Å². The van der Waals surface area contributed by atoms with Crippen LogP contribution in [0, 0.1) is 12.7 Å². The number of carbonyl (C=O) groups is 1. The lowest BCUT2D eigenvalue weighted by Crippen LogP contribution is -2.55. The monoisotopic (exact) mass is 535 g/mol. The Kier molecular flexibility index (Phi) is 6.87. The second-order valence-corrected chi connectivity index (χ2v) is 10.4. The molecule has 2 aromatic heterocycles. The molecule has 1 aromatic carbocycles. The summed E-state index contributed by atoms with van der Waals surface area (Å²) in [4.78, 5) is 23.6. The van der Waals surface area contributed by atoms with E-state index in [1.165, 1.54) is 31.0 Å². The zero-order valence-corrected chi connectivity index (χ0v) is 22.3. The Morgan fingerprint density at radius 1 is 1.46 bits per heavy atom. The number of ether oxygens (including phenoxy) is 2. The third-order valence-electron chi connectivity index (χ3n) is 6.16. The molecule has 1 amide bonds. The van der Waals surface area contributed by atoms with E-state index in [4.69, 9.17) is 26.8 Å². The highest BCUT2D eigenvalue weighted by Gasteiger charge is 2.42. The molecule has 0 saturated carbocycles. The zero-order valence-electron chi connectivity index (χ0n) is 21.5. The summed E-state index contributed by atoms with van der Waals surface area (Å²) in [6, 6.07) is 1.23. The number of carbonyl (C=O) groups excluding carboxylic acids is 1. The number of anilines is 1. The van der Waals surface area contributed by atoms with Gasteiger partial charge < -0.3 is 30.3 Å². The average molecular weight is 536 g/mol. The van der Waals surface area contributed by atoms with Crippen LogP contribution >= 0.6 is 11.6 Å². The first kappa shape index (κ1) is 27.1. The number of β-amino-alcohol motifs (C(OH)–C–C–N with tert-alkyl or cyclic N) is 1. The molecule has 1 aliphatic rings. The number of aryl methyl sites for hydroxylation is 1. The molecule has 0 radical (unpaired) electrons. The molecule has 200 valence electrons. The number of aliphatic hydroxyl groups is 2. The largest absolute Gasteiger partial charge is 0.490 e. The van der Waals surface area contributed by atoms with Crippen molar-refractivity contribution in [3.05, 3.63) is 51.9 Å². The molecule has 0 bridgehead atoms. The number of aromatic nitrogens is 3. The quantitative estimate of drug-likeness (QED) is 0.453. The minimum absolute atomic E-state index is 0.0336. The summed E-state index contributed by atoms with van der Waals surface area (Å²) in [5.41, 5.74) is 4.72. The van der Waals surface area contributed by atoms with Gasteiger partial charge in [0.05, 0.1) is 29.5 Å². The molecule has 12 heteroatoms. The van der Waals surface area contributed by atoms with Gasteiger partial charge in [-0.15, -0.1) is 0 Å². The molecule has 1 fully saturated rings. The van der Waals surface area contributed by atoms with Gasteiger partial charge in [0, 0.05) is 24.5 Å². The van der Waals surface area contributed by atoms with Gasteiger partial charge >= 0.3 is 0 Å². The number of hydrogen-bond donors (Lipinski definition) is 3. The predicted molar refractivity (Wildman–Crippen MR) is 135 cm³/mol. The lowest BCUT2D eigenvalue weighted by Gasteiger charge is -2.40. The van der Waals surface area contributed by atoms with Gasteiger partial charge in [-0.2, -0.15) is 0 Å². The summed E-state index contributed by atoms with van der Waals surface area (Å²) in [6.07, 6.45) is 2.05. The number of benzene rings is 1. The van der Waals surface area contributed by atoms with E-state index in [0.717, 1.165) is 0 Å². The highest BCUT2D eigenvalue weighted by Crippen LogP contribution is 2.42. The Morgan fingerprint density at radius 3 is 2.76 bits per heavy atom. The van der Waals surface area contributed by atoms with Gasteiger partial charge in [0.2, 0.25) is 0 Å². The topological polar surface area (TPSA) is 135 Å². The van der Waals surface area contributed by atoms with Crippen molar-refractivity contribution in [2.24, 2.45) is 0 Å². The van der Waals surface area contributed by atoms with Crippen molar-refractivity contribution in [2.75, 3.05) is 18.8 Å². The maximum atomic E-state index is 15.6. The molecule has 3 atom stereocenters. The zero-order chi connectivity index (χ0) is 27.4. The Hall–Kier alpha value is -2.99. The maximum absolute atomic E-state index is 15.6. The summed E-state index contributed by atoms with van der Waals surface area (Å²) in [5.74, 6) is -3.21. The van der Waals surface area contributed by atoms with Gasteiger partial charge in [0.25, 0.3) is 5.91 Å². The number of fused-ring (bicyclic) bond motifs is 1. The third kappa shape index (κ3) is 4.84. The Morgan fingerprint density at radius 2 is 2.14 bits per heavy atom. The maximum Gasteiger partial charge on any atom is 0.260 e. The number of morpholine rings is 1. The van der Waals surface area contributed by atoms with Gasteiger partial charge in [0.15, 0.2) is 11.6 Å². The van der Waals surface area contributed by atoms with E-state index >= 15 is 4.39 Å². The fourth-order valence-electron chi connectivity index (χ4n) is 4.78. The fraction of sp³-hybridized carbons (Fsp3) is 0.480. The lowest BCUT2D eigenvalue weighted by molar-refractivity contribution is -0.245. The molecule has 0 aliphatic carbocycles. The van der Waals surface area contributed by atoms with E-state index in [9.17, 15) is 15.0 Å². The third-order valence-corrected chi connectivity index (χ3v) is 6.44. The number of hydrogen-bond acceptors (Lipinski definition) is 8. The molecule has 3 aromatic rings. The highest BCUT2D eigenvalue weighted by molar-refractivity contribution is 6.31. The van der Waals surface area contributed by atoms with Crippen LogP contribution in [0.15, 0.2) is 18.5 Å². The highest BCUT2D eigenvalue weighted by atomic mass is 35.5. The number of rotatable bonds is 5. The Balaban J connectivity index is 1.95. The average Bonchev–Trinajstić information content (AvgIpc) is 3.12. The molecule has 10 nitrogen and oxygen atoms in total. The van der Waals surface area contributed by atoms with Gasteiger partial charge in [-0.25, -0.2) is 14.4 Å². The molecule has 4 N–H and O–H groups in total. The van der Waals surface area contributed by atoms with Crippen LogP contribution in [-0.2, 0) is 10.3 Å². The Labute approximate surface area is 218 Å². The molecule has 1 aliphatic heterocycles. The van der Waals surface area contributed by atoms with Crippen molar-refractivity contribution in [1.82, 2.24) is 19.3 Å². The van der Waals surface area contributed by atoms with E-state index < -0.39 is 40.9 Å². The molecule has 3 heterocycles. The van der Waals surface area contributed by atoms with Crippen LogP contribution in [0.5, 0.6) is 5.75 Å². The lowest BCUT2D eigenvalue weighted by atomic mass is 9.91. The molecule has 37 heavy (non-hydrogen) atoms. The van der Waals surface area contributed by atoms with E-state index in [1.807, 2.05) is 0 Å². The first-order valence-electron chi connectivity index (χ1n) is 11.8. The molecular formula is C25H31ClFN5O5. The first-order chi connectivity index (χ1) is 17.1. The second-order valence-electron chi connectivity index (χ2n) is 10.0. The fourth-order valence-corrected chi connectivity index (χ4v) is 4.98. The number of halogens is 2. The number of nitrogen functional groups attached to an aromatic ring is 1. The summed E-state index contributed by atoms with van der Waals surface area (Å²) in [6.45, 7) is 9.60. The number of amides is 1. The van der Waals surface area contributed by atoms with Crippen LogP contribution in [0.25, 0.3) is 5.52 Å². The molecule has 0 unspecified atom stereocenters. The molecule has 1 saturated heterocycles. The van der Waals surface area contributed by atoms with Gasteiger partial charge in [-0.05, 0) is 47.6 Å². The standard InChI is InChI=1S/C25H31ClFN5O5/c1-12(2)36-20-15(25(6,35)23-30-14(4)19-21(28)29-7-8-32(19)23)9-16(26)18(27)17(20)22(33)31-10-13(3)37-24(5,34)11-31/h7-9,12-13,34-35H,10-11H2,1-6H3,(H2,28,29)/t13-,24-,25+/m1/s1. The Bertz CT molecular complexity index is 1370. The summed E-state index contributed by atoms with van der Waals surface area (Å²) in [5, 5.41) is 22.0. The number of nitrogens with zero attached hydrogens (tertiary/aromatic N) is 4. The number of nitrogens with two attached hydrogens (primary N) is 1. The molecule has 4 rings (SSSR count). The minimum Gasteiger partial charge on any atom is -0.490 e. The normalized spacial score (nSPS) is 21.9. The van der Waals surface area contributed by atoms with E-state index in [0.29, 0.717) is 11.2 Å². The molecule has 0 spiro atoms. The van der Waals surface area contributed by atoms with Gasteiger partial charge in [0.1, 0.15) is 34.1 Å². The minimum atomic E-state index is -1.91. The smallest absolute Gasteiger partial charge is 0.260 e. The van der Waals surface area contributed by atoms with Crippen molar-refractivity contribution < 1.29 is 28.9 Å². The van der Waals surface area contributed by atoms with Gasteiger partial charge in [-0.3, -0.25) is 9.20 Å². The van der Waals surface area contributed by atoms with E-state index in [-0.39, 0.29) is 41.1 Å². The van der Waals surface area contributed by atoms with Gasteiger partial charge in [-0.1, -0.05) is 11.6 Å². The second kappa shape index (κ2) is 9.39. The van der Waals surface area contributed by atoms with Crippen molar-refractivity contribution in [3.8, 4) is 5.75 Å². The summed E-state index contributed by atoms with van der Waals surface area (Å²) < 4.78 is 28.6. The predicted octanol–water partition coefficient (Wildman–Crippen LogP) is 3.02. The van der Waals surface area contributed by atoms with Crippen LogP contribution in [-0.4, -0.2) is 66.5 Å². The summed E-state index contributed by atoms with van der Waals surface area (Å²) >= 11 is 6.29. The van der Waals surface area contributed by atoms with E-state index in [1.54, 1.807) is 38.3 Å². The van der Waals surface area contributed by atoms with Crippen LogP contribution in [0.3, 0.4) is 0 Å². The van der Waals surface area contributed by atoms with Crippen LogP contribution < -0.4 is 10.5 Å².